The molecule has 3 aromatic carbocycles. The molecule has 0 spiro atoms. The largest absolute Gasteiger partial charge is 0.484 e. The number of anilines is 1. The fourth-order valence-electron chi connectivity index (χ4n) is 4.17. The van der Waals surface area contributed by atoms with Gasteiger partial charge in [-0.1, -0.05) is 57.5 Å². The van der Waals surface area contributed by atoms with E-state index in [4.69, 9.17) is 13.9 Å². The second-order valence-electron chi connectivity index (χ2n) is 9.68. The fraction of sp³-hybridized carbons (Fsp3) is 0.290. The van der Waals surface area contributed by atoms with Crippen LogP contribution in [0, 0.1) is 0 Å². The highest BCUT2D eigenvalue weighted by Crippen LogP contribution is 2.40. The normalized spacial score (nSPS) is 11.6. The Hall–Kier alpha value is -4.27. The number of carbonyl (C=O) groups excluding carboxylic acids is 1. The van der Waals surface area contributed by atoms with Gasteiger partial charge in [0, 0.05) is 11.8 Å². The van der Waals surface area contributed by atoms with E-state index >= 15 is 0 Å². The Bertz CT molecular complexity index is 1540. The first-order valence-corrected chi connectivity index (χ1v) is 13.0. The van der Waals surface area contributed by atoms with Gasteiger partial charge in [-0.2, -0.15) is 13.2 Å². The van der Waals surface area contributed by atoms with Crippen LogP contribution in [0.5, 0.6) is 17.2 Å². The molecule has 0 aliphatic heterocycles. The summed E-state index contributed by atoms with van der Waals surface area (Å²) in [6, 6.07) is 17.9. The molecule has 0 bridgehead atoms. The Morgan fingerprint density at radius 1 is 1.02 bits per heavy atom. The van der Waals surface area contributed by atoms with E-state index in [0.29, 0.717) is 11.3 Å². The summed E-state index contributed by atoms with van der Waals surface area (Å²) in [5.74, 6) is -2.81. The Morgan fingerprint density at radius 3 is 2.42 bits per heavy atom. The molecule has 0 saturated heterocycles. The van der Waals surface area contributed by atoms with E-state index < -0.39 is 35.6 Å². The number of rotatable bonds is 10. The Kier molecular flexibility index (Phi) is 8.82. The molecule has 0 aliphatic carbocycles. The van der Waals surface area contributed by atoms with Crippen LogP contribution in [0.2, 0.25) is 0 Å². The lowest BCUT2D eigenvalue weighted by atomic mass is 10.0. The molecular formula is C31H30F3NO5. The number of nitrogens with one attached hydrogen (secondary N) is 1. The highest BCUT2D eigenvalue weighted by molar-refractivity contribution is 5.92. The van der Waals surface area contributed by atoms with Crippen molar-refractivity contribution >= 4 is 22.6 Å². The van der Waals surface area contributed by atoms with Crippen molar-refractivity contribution < 1.29 is 31.9 Å². The summed E-state index contributed by atoms with van der Waals surface area (Å²) in [6.07, 6.45) is -1.87. The molecule has 0 fully saturated rings. The summed E-state index contributed by atoms with van der Waals surface area (Å²) in [7, 11) is 0. The molecule has 4 aromatic rings. The molecule has 1 N–H and O–H groups in total. The van der Waals surface area contributed by atoms with E-state index in [1.54, 1.807) is 30.3 Å². The number of benzene rings is 3. The predicted molar refractivity (Wildman–Crippen MR) is 147 cm³/mol. The van der Waals surface area contributed by atoms with Crippen LogP contribution in [-0.2, 0) is 17.4 Å². The molecule has 0 aliphatic rings. The van der Waals surface area contributed by atoms with Gasteiger partial charge in [-0.05, 0) is 60.2 Å². The van der Waals surface area contributed by atoms with Gasteiger partial charge < -0.3 is 19.2 Å². The maximum atomic E-state index is 14.0. The lowest BCUT2D eigenvalue weighted by molar-refractivity contribution is -0.154. The zero-order chi connectivity index (χ0) is 28.9. The van der Waals surface area contributed by atoms with Gasteiger partial charge in [-0.3, -0.25) is 9.59 Å². The SMILES string of the molecule is CCCCc1ccc(NC(=O)COc2ccc3c(=O)c(Oc4ccccc4C(C)C)c(C(F)(F)F)oc3c2)cc1. The lowest BCUT2D eigenvalue weighted by Gasteiger charge is -2.16. The van der Waals surface area contributed by atoms with Crippen molar-refractivity contribution in [3.05, 3.63) is 93.8 Å². The van der Waals surface area contributed by atoms with Gasteiger partial charge in [0.25, 0.3) is 11.7 Å². The number of halogens is 3. The van der Waals surface area contributed by atoms with E-state index in [1.807, 2.05) is 26.0 Å². The molecule has 1 aromatic heterocycles. The van der Waals surface area contributed by atoms with E-state index in [-0.39, 0.29) is 28.4 Å². The summed E-state index contributed by atoms with van der Waals surface area (Å²) < 4.78 is 58.1. The number of aryl methyl sites for hydroxylation is 1. The number of carbonyl (C=O) groups is 1. The highest BCUT2D eigenvalue weighted by Gasteiger charge is 2.40. The van der Waals surface area contributed by atoms with Gasteiger partial charge in [0.2, 0.25) is 11.2 Å². The number of ether oxygens (including phenoxy) is 2. The van der Waals surface area contributed by atoms with Crippen molar-refractivity contribution in [3.8, 4) is 17.2 Å². The van der Waals surface area contributed by atoms with Crippen LogP contribution in [-0.4, -0.2) is 12.5 Å². The Morgan fingerprint density at radius 2 is 1.75 bits per heavy atom. The van der Waals surface area contributed by atoms with Crippen molar-refractivity contribution in [2.75, 3.05) is 11.9 Å². The van der Waals surface area contributed by atoms with E-state index in [9.17, 15) is 22.8 Å². The molecule has 40 heavy (non-hydrogen) atoms. The van der Waals surface area contributed by atoms with Crippen molar-refractivity contribution in [3.63, 3.8) is 0 Å². The Balaban J connectivity index is 1.54. The van der Waals surface area contributed by atoms with Crippen LogP contribution in [0.1, 0.15) is 56.4 Å². The zero-order valence-corrected chi connectivity index (χ0v) is 22.4. The molecule has 0 atom stereocenters. The molecule has 0 radical (unpaired) electrons. The van der Waals surface area contributed by atoms with Gasteiger partial charge in [-0.25, -0.2) is 0 Å². The molecule has 4 rings (SSSR count). The first kappa shape index (κ1) is 28.7. The minimum Gasteiger partial charge on any atom is -0.484 e. The first-order valence-electron chi connectivity index (χ1n) is 13.0. The van der Waals surface area contributed by atoms with Crippen LogP contribution in [0.25, 0.3) is 11.0 Å². The number of hydrogen-bond donors (Lipinski definition) is 1. The summed E-state index contributed by atoms with van der Waals surface area (Å²) >= 11 is 0. The Labute approximate surface area is 229 Å². The summed E-state index contributed by atoms with van der Waals surface area (Å²) in [6.45, 7) is 5.45. The monoisotopic (exact) mass is 553 g/mol. The third kappa shape index (κ3) is 6.83. The first-order chi connectivity index (χ1) is 19.1. The average Bonchev–Trinajstić information content (AvgIpc) is 2.92. The minimum atomic E-state index is -5.00. The van der Waals surface area contributed by atoms with Crippen molar-refractivity contribution in [2.24, 2.45) is 0 Å². The number of fused-ring (bicyclic) bond motifs is 1. The van der Waals surface area contributed by atoms with Crippen molar-refractivity contribution in [1.29, 1.82) is 0 Å². The van der Waals surface area contributed by atoms with Crippen LogP contribution < -0.4 is 20.2 Å². The van der Waals surface area contributed by atoms with Gasteiger partial charge in [-0.15, -0.1) is 0 Å². The summed E-state index contributed by atoms with van der Waals surface area (Å²) in [5, 5.41) is 2.59. The molecule has 1 heterocycles. The lowest BCUT2D eigenvalue weighted by Crippen LogP contribution is -2.20. The molecule has 6 nitrogen and oxygen atoms in total. The molecule has 9 heteroatoms. The van der Waals surface area contributed by atoms with Crippen molar-refractivity contribution in [1.82, 2.24) is 0 Å². The number of para-hydroxylation sites is 1. The van der Waals surface area contributed by atoms with Crippen LogP contribution >= 0.6 is 0 Å². The molecule has 1 amide bonds. The maximum absolute atomic E-state index is 14.0. The van der Waals surface area contributed by atoms with Crippen LogP contribution in [0.3, 0.4) is 0 Å². The topological polar surface area (TPSA) is 77.8 Å². The number of hydrogen-bond acceptors (Lipinski definition) is 5. The van der Waals surface area contributed by atoms with E-state index in [0.717, 1.165) is 25.3 Å². The van der Waals surface area contributed by atoms with Crippen LogP contribution in [0.15, 0.2) is 75.9 Å². The molecule has 0 unspecified atom stereocenters. The number of alkyl halides is 3. The van der Waals surface area contributed by atoms with E-state index in [2.05, 4.69) is 12.2 Å². The van der Waals surface area contributed by atoms with E-state index in [1.165, 1.54) is 23.8 Å². The predicted octanol–water partition coefficient (Wildman–Crippen LogP) is 8.09. The highest BCUT2D eigenvalue weighted by atomic mass is 19.4. The second-order valence-corrected chi connectivity index (χ2v) is 9.68. The third-order valence-corrected chi connectivity index (χ3v) is 6.26. The quantitative estimate of drug-likeness (QED) is 0.215. The third-order valence-electron chi connectivity index (χ3n) is 6.26. The van der Waals surface area contributed by atoms with Gasteiger partial charge >= 0.3 is 6.18 Å². The number of unbranched alkanes of at least 4 members (excludes halogenated alkanes) is 1. The molecule has 0 saturated carbocycles. The van der Waals surface area contributed by atoms with Gasteiger partial charge in [0.1, 0.15) is 17.1 Å². The minimum absolute atomic E-state index is 0.0555. The van der Waals surface area contributed by atoms with Crippen molar-refractivity contribution in [2.45, 2.75) is 52.1 Å². The maximum Gasteiger partial charge on any atom is 0.453 e. The molecule has 210 valence electrons. The zero-order valence-electron chi connectivity index (χ0n) is 22.4. The van der Waals surface area contributed by atoms with Crippen LogP contribution in [0.4, 0.5) is 18.9 Å². The average molecular weight is 554 g/mol. The molecular weight excluding hydrogens is 523 g/mol. The standard InChI is InChI=1S/C31H30F3NO5/c1-4-5-8-20-11-13-21(14-12-20)35-27(36)18-38-22-15-16-24-26(17-22)40-30(31(32,33)34)29(28(24)37)39-25-10-7-6-9-23(25)19(2)3/h6-7,9-17,19H,4-5,8,18H2,1-3H3,(H,35,36). The number of amides is 1. The fourth-order valence-corrected chi connectivity index (χ4v) is 4.17. The second kappa shape index (κ2) is 12.3. The summed E-state index contributed by atoms with van der Waals surface area (Å²) in [4.78, 5) is 25.5. The summed E-state index contributed by atoms with van der Waals surface area (Å²) in [5.41, 5.74) is 1.09. The van der Waals surface area contributed by atoms with Gasteiger partial charge in [0.05, 0.1) is 5.39 Å². The smallest absolute Gasteiger partial charge is 0.453 e. The van der Waals surface area contributed by atoms with Gasteiger partial charge in [0.15, 0.2) is 6.61 Å².